The number of aryl methyl sites for hydroxylation is 3. The zero-order chi connectivity index (χ0) is 19.2. The third-order valence-corrected chi connectivity index (χ3v) is 6.04. The topological polar surface area (TPSA) is 80.1 Å². The number of fused-ring (bicyclic) bond motifs is 1. The highest BCUT2D eigenvalue weighted by Crippen LogP contribution is 2.32. The van der Waals surface area contributed by atoms with Crippen LogP contribution in [0.3, 0.4) is 0 Å². The molecule has 0 saturated heterocycles. The highest BCUT2D eigenvalue weighted by molar-refractivity contribution is 7.90. The molecule has 1 aromatic carbocycles. The van der Waals surface area contributed by atoms with Crippen LogP contribution in [0, 0.1) is 13.8 Å². The molecule has 2 heterocycles. The van der Waals surface area contributed by atoms with Crippen molar-refractivity contribution in [2.45, 2.75) is 13.8 Å². The molecule has 0 saturated carbocycles. The van der Waals surface area contributed by atoms with Crippen molar-refractivity contribution in [1.82, 2.24) is 19.1 Å². The summed E-state index contributed by atoms with van der Waals surface area (Å²) in [6.45, 7) is 3.86. The van der Waals surface area contributed by atoms with Crippen molar-refractivity contribution in [3.8, 4) is 11.3 Å². The van der Waals surface area contributed by atoms with Gasteiger partial charge in [0.15, 0.2) is 0 Å². The Morgan fingerprint density at radius 1 is 1.19 bits per heavy atom. The fraction of sp³-hybridized carbons (Fsp3) is 0.294. The largest absolute Gasteiger partial charge is 0.301 e. The van der Waals surface area contributed by atoms with Crippen molar-refractivity contribution >= 4 is 38.4 Å². The first-order valence-corrected chi connectivity index (χ1v) is 9.73. The lowest BCUT2D eigenvalue weighted by Crippen LogP contribution is -2.28. The van der Waals surface area contributed by atoms with Crippen LogP contribution in [-0.2, 0) is 17.3 Å². The van der Waals surface area contributed by atoms with Gasteiger partial charge in [0.2, 0.25) is 0 Å². The highest BCUT2D eigenvalue weighted by Gasteiger charge is 2.17. The first kappa shape index (κ1) is 18.6. The van der Waals surface area contributed by atoms with Gasteiger partial charge < -0.3 is 0 Å². The van der Waals surface area contributed by atoms with E-state index in [2.05, 4.69) is 9.82 Å². The Kier molecular flexibility index (Phi) is 4.68. The van der Waals surface area contributed by atoms with Gasteiger partial charge in [-0.05, 0) is 37.6 Å². The van der Waals surface area contributed by atoms with E-state index in [9.17, 15) is 8.42 Å². The van der Waals surface area contributed by atoms with E-state index in [1.807, 2.05) is 26.0 Å². The quantitative estimate of drug-likeness (QED) is 0.738. The van der Waals surface area contributed by atoms with Gasteiger partial charge in [0, 0.05) is 26.5 Å². The van der Waals surface area contributed by atoms with Crippen LogP contribution in [0.1, 0.15) is 11.3 Å². The molecule has 9 heteroatoms. The lowest BCUT2D eigenvalue weighted by molar-refractivity contribution is 0.527. The summed E-state index contributed by atoms with van der Waals surface area (Å²) in [5, 5.41) is 5.79. The highest BCUT2D eigenvalue weighted by atomic mass is 35.5. The SMILES string of the molecule is Cc1nn(C)c(Cl)c1-c1cc(C)c2ccc(NS(=O)(=O)N(C)C)cc2n1. The standard InChI is InChI=1S/C17H20ClN5O2S/c1-10-8-15(16-11(2)20-23(5)17(16)18)19-14-9-12(6-7-13(10)14)21-26(24,25)22(3)4/h6-9,21H,1-5H3. The van der Waals surface area contributed by atoms with Crippen molar-refractivity contribution in [2.75, 3.05) is 18.8 Å². The second kappa shape index (κ2) is 6.53. The number of benzene rings is 1. The summed E-state index contributed by atoms with van der Waals surface area (Å²) in [6.07, 6.45) is 0. The van der Waals surface area contributed by atoms with Gasteiger partial charge in [0.05, 0.1) is 28.2 Å². The van der Waals surface area contributed by atoms with Gasteiger partial charge >= 0.3 is 10.2 Å². The average Bonchev–Trinajstić information content (AvgIpc) is 2.79. The molecule has 3 rings (SSSR count). The Balaban J connectivity index is 2.15. The molecule has 0 aliphatic rings. The zero-order valence-corrected chi connectivity index (χ0v) is 16.8. The van der Waals surface area contributed by atoms with Crippen LogP contribution < -0.4 is 4.72 Å². The molecular formula is C17H20ClN5O2S. The molecular weight excluding hydrogens is 374 g/mol. The van der Waals surface area contributed by atoms with Crippen LogP contribution in [0.2, 0.25) is 5.15 Å². The molecule has 0 atom stereocenters. The number of nitrogens with one attached hydrogen (secondary N) is 1. The monoisotopic (exact) mass is 393 g/mol. The van der Waals surface area contributed by atoms with E-state index in [4.69, 9.17) is 16.6 Å². The predicted molar refractivity (Wildman–Crippen MR) is 105 cm³/mol. The molecule has 0 unspecified atom stereocenters. The maximum Gasteiger partial charge on any atom is 0.301 e. The van der Waals surface area contributed by atoms with E-state index in [1.165, 1.54) is 14.1 Å². The van der Waals surface area contributed by atoms with Crippen LogP contribution >= 0.6 is 11.6 Å². The van der Waals surface area contributed by atoms with Crippen molar-refractivity contribution in [1.29, 1.82) is 0 Å². The summed E-state index contributed by atoms with van der Waals surface area (Å²) in [4.78, 5) is 4.69. The third-order valence-electron chi connectivity index (χ3n) is 4.15. The number of nitrogens with zero attached hydrogens (tertiary/aromatic N) is 4. The van der Waals surface area contributed by atoms with Crippen molar-refractivity contribution in [3.05, 3.63) is 40.7 Å². The van der Waals surface area contributed by atoms with Crippen LogP contribution in [0.25, 0.3) is 22.2 Å². The Morgan fingerprint density at radius 3 is 2.46 bits per heavy atom. The van der Waals surface area contributed by atoms with Gasteiger partial charge in [-0.1, -0.05) is 17.7 Å². The Labute approximate surface area is 157 Å². The molecule has 138 valence electrons. The molecule has 2 aromatic heterocycles. The van der Waals surface area contributed by atoms with Crippen LogP contribution in [-0.4, -0.2) is 41.6 Å². The number of halogens is 1. The molecule has 7 nitrogen and oxygen atoms in total. The lowest BCUT2D eigenvalue weighted by Gasteiger charge is -2.14. The summed E-state index contributed by atoms with van der Waals surface area (Å²) in [5.74, 6) is 0. The van der Waals surface area contributed by atoms with E-state index < -0.39 is 10.2 Å². The number of hydrogen-bond donors (Lipinski definition) is 1. The maximum absolute atomic E-state index is 12.0. The molecule has 0 bridgehead atoms. The average molecular weight is 394 g/mol. The summed E-state index contributed by atoms with van der Waals surface area (Å²) >= 11 is 6.37. The summed E-state index contributed by atoms with van der Waals surface area (Å²) in [6, 6.07) is 7.25. The minimum absolute atomic E-state index is 0.448. The molecule has 0 spiro atoms. The van der Waals surface area contributed by atoms with Gasteiger partial charge in [0.1, 0.15) is 5.15 Å². The maximum atomic E-state index is 12.0. The smallest absolute Gasteiger partial charge is 0.271 e. The van der Waals surface area contributed by atoms with Gasteiger partial charge in [0.25, 0.3) is 0 Å². The Hall–Kier alpha value is -2.16. The van der Waals surface area contributed by atoms with Crippen molar-refractivity contribution in [3.63, 3.8) is 0 Å². The fourth-order valence-corrected chi connectivity index (χ4v) is 3.63. The number of anilines is 1. The van der Waals surface area contributed by atoms with Crippen molar-refractivity contribution in [2.24, 2.45) is 7.05 Å². The Bertz CT molecular complexity index is 1110. The first-order chi connectivity index (χ1) is 12.1. The van der Waals surface area contributed by atoms with E-state index in [-0.39, 0.29) is 0 Å². The van der Waals surface area contributed by atoms with E-state index >= 15 is 0 Å². The second-order valence-corrected chi connectivity index (χ2v) is 8.56. The zero-order valence-electron chi connectivity index (χ0n) is 15.2. The van der Waals surface area contributed by atoms with Gasteiger partial charge in [-0.15, -0.1) is 0 Å². The third kappa shape index (κ3) is 3.27. The van der Waals surface area contributed by atoms with Crippen molar-refractivity contribution < 1.29 is 8.42 Å². The number of aromatic nitrogens is 3. The first-order valence-electron chi connectivity index (χ1n) is 7.91. The van der Waals surface area contributed by atoms with Crippen LogP contribution in [0.5, 0.6) is 0 Å². The van der Waals surface area contributed by atoms with Crippen LogP contribution in [0.15, 0.2) is 24.3 Å². The molecule has 0 radical (unpaired) electrons. The number of pyridine rings is 1. The summed E-state index contributed by atoms with van der Waals surface area (Å²) in [5.41, 5.74) is 4.42. The van der Waals surface area contributed by atoms with Gasteiger partial charge in [-0.25, -0.2) is 4.98 Å². The minimum Gasteiger partial charge on any atom is -0.271 e. The molecule has 26 heavy (non-hydrogen) atoms. The molecule has 0 fully saturated rings. The van der Waals surface area contributed by atoms with Crippen LogP contribution in [0.4, 0.5) is 5.69 Å². The predicted octanol–water partition coefficient (Wildman–Crippen LogP) is 3.12. The fourth-order valence-electron chi connectivity index (χ4n) is 2.76. The minimum atomic E-state index is -3.58. The number of hydrogen-bond acceptors (Lipinski definition) is 4. The van der Waals surface area contributed by atoms with E-state index in [0.717, 1.165) is 26.5 Å². The summed E-state index contributed by atoms with van der Waals surface area (Å²) in [7, 11) is 1.14. The molecule has 1 N–H and O–H groups in total. The molecule has 0 aliphatic carbocycles. The second-order valence-electron chi connectivity index (χ2n) is 6.32. The van der Waals surface area contributed by atoms with E-state index in [0.29, 0.717) is 22.1 Å². The molecule has 0 aliphatic heterocycles. The van der Waals surface area contributed by atoms with E-state index in [1.54, 1.807) is 23.9 Å². The normalized spacial score (nSPS) is 12.1. The Morgan fingerprint density at radius 2 is 1.88 bits per heavy atom. The van der Waals surface area contributed by atoms with Gasteiger partial charge in [-0.3, -0.25) is 9.40 Å². The molecule has 0 amide bonds. The summed E-state index contributed by atoms with van der Waals surface area (Å²) < 4.78 is 29.4. The van der Waals surface area contributed by atoms with Gasteiger partial charge in [-0.2, -0.15) is 17.8 Å². The lowest BCUT2D eigenvalue weighted by atomic mass is 10.1. The molecule has 3 aromatic rings. The number of rotatable bonds is 4.